The van der Waals surface area contributed by atoms with Crippen LogP contribution in [0.15, 0.2) is 73.3 Å². The van der Waals surface area contributed by atoms with Gasteiger partial charge in [-0.2, -0.15) is 0 Å². The molecule has 0 aliphatic carbocycles. The Morgan fingerprint density at radius 3 is 2.04 bits per heavy atom. The maximum absolute atomic E-state index is 12.2. The molecule has 0 spiro atoms. The van der Waals surface area contributed by atoms with E-state index in [0.717, 1.165) is 11.1 Å². The molecule has 4 nitrogen and oxygen atoms in total. The van der Waals surface area contributed by atoms with Gasteiger partial charge in [-0.1, -0.05) is 73.3 Å². The van der Waals surface area contributed by atoms with Gasteiger partial charge in [-0.05, 0) is 18.1 Å². The Bertz CT molecular complexity index is 601. The maximum Gasteiger partial charge on any atom is 0.326 e. The number of nitrogens with one attached hydrogen (secondary N) is 1. The quantitative estimate of drug-likeness (QED) is 0.579. The van der Waals surface area contributed by atoms with E-state index in [9.17, 15) is 9.90 Å². The van der Waals surface area contributed by atoms with E-state index in [-0.39, 0.29) is 12.6 Å². The van der Waals surface area contributed by atoms with Gasteiger partial charge in [0.2, 0.25) is 0 Å². The minimum absolute atomic E-state index is 0.116. The number of hydrogen-bond acceptors (Lipinski definition) is 4. The second-order valence-electron chi connectivity index (χ2n) is 5.56. The predicted molar refractivity (Wildman–Crippen MR) is 94.5 cm³/mol. The van der Waals surface area contributed by atoms with Crippen LogP contribution in [0.4, 0.5) is 0 Å². The lowest BCUT2D eigenvalue weighted by Gasteiger charge is -2.27. The fraction of sp³-hybridized carbons (Fsp3) is 0.250. The largest absolute Gasteiger partial charge is 0.460 e. The van der Waals surface area contributed by atoms with Gasteiger partial charge in [0, 0.05) is 0 Å². The van der Waals surface area contributed by atoms with Crippen LogP contribution < -0.4 is 5.32 Å². The molecular weight excluding hydrogens is 302 g/mol. The molecule has 2 atom stereocenters. The average Bonchev–Trinajstić information content (AvgIpc) is 2.61. The first-order valence-corrected chi connectivity index (χ1v) is 7.95. The summed E-state index contributed by atoms with van der Waals surface area (Å²) in [5.74, 6) is -0.498. The Balaban J connectivity index is 2.29. The molecular formula is C20H23NO3. The van der Waals surface area contributed by atoms with Gasteiger partial charge in [-0.15, -0.1) is 0 Å². The van der Waals surface area contributed by atoms with Gasteiger partial charge in [0.25, 0.3) is 0 Å². The number of aliphatic hydroxyl groups excluding tert-OH is 1. The third-order valence-electron chi connectivity index (χ3n) is 3.69. The van der Waals surface area contributed by atoms with Crippen LogP contribution in [0, 0.1) is 0 Å². The molecule has 0 bridgehead atoms. The Labute approximate surface area is 142 Å². The molecule has 24 heavy (non-hydrogen) atoms. The summed E-state index contributed by atoms with van der Waals surface area (Å²) < 4.78 is 5.11. The first kappa shape index (κ1) is 17.9. The molecule has 2 N–H and O–H groups in total. The van der Waals surface area contributed by atoms with Crippen LogP contribution in [0.3, 0.4) is 0 Å². The SMILES string of the molecule is C=CCOC(=O)[C@@H](NC(c1ccccc1)c1ccccc1)[C@@H](C)O. The van der Waals surface area contributed by atoms with Crippen molar-refractivity contribution in [2.45, 2.75) is 25.1 Å². The zero-order chi connectivity index (χ0) is 17.4. The lowest BCUT2D eigenvalue weighted by molar-refractivity contribution is -0.147. The van der Waals surface area contributed by atoms with Crippen LogP contribution in [-0.4, -0.2) is 29.8 Å². The molecule has 2 rings (SSSR count). The Hall–Kier alpha value is -2.43. The van der Waals surface area contributed by atoms with Gasteiger partial charge in [0.15, 0.2) is 0 Å². The number of ether oxygens (including phenoxy) is 1. The fourth-order valence-corrected chi connectivity index (χ4v) is 2.49. The smallest absolute Gasteiger partial charge is 0.326 e. The topological polar surface area (TPSA) is 58.6 Å². The summed E-state index contributed by atoms with van der Waals surface area (Å²) in [5.41, 5.74) is 2.01. The van der Waals surface area contributed by atoms with Crippen molar-refractivity contribution in [1.82, 2.24) is 5.32 Å². The first-order chi connectivity index (χ1) is 11.6. The van der Waals surface area contributed by atoms with E-state index in [1.165, 1.54) is 6.08 Å². The van der Waals surface area contributed by atoms with Crippen molar-refractivity contribution in [3.63, 3.8) is 0 Å². The number of carbonyl (C=O) groups is 1. The summed E-state index contributed by atoms with van der Waals surface area (Å²) in [5, 5.41) is 13.3. The van der Waals surface area contributed by atoms with Crippen LogP contribution >= 0.6 is 0 Å². The Kier molecular flexibility index (Phi) is 6.73. The summed E-state index contributed by atoms with van der Waals surface area (Å²) in [7, 11) is 0. The number of hydrogen-bond donors (Lipinski definition) is 2. The van der Waals surface area contributed by atoms with Crippen molar-refractivity contribution in [2.24, 2.45) is 0 Å². The predicted octanol–water partition coefficient (Wildman–Crippen LogP) is 2.84. The molecule has 0 radical (unpaired) electrons. The third-order valence-corrected chi connectivity index (χ3v) is 3.69. The van der Waals surface area contributed by atoms with Crippen LogP contribution in [0.1, 0.15) is 24.1 Å². The molecule has 0 aliphatic rings. The van der Waals surface area contributed by atoms with Crippen LogP contribution in [-0.2, 0) is 9.53 Å². The highest BCUT2D eigenvalue weighted by atomic mass is 16.5. The van der Waals surface area contributed by atoms with Crippen molar-refractivity contribution in [1.29, 1.82) is 0 Å². The van der Waals surface area contributed by atoms with Gasteiger partial charge in [-0.3, -0.25) is 10.1 Å². The zero-order valence-electron chi connectivity index (χ0n) is 13.8. The van der Waals surface area contributed by atoms with Crippen molar-refractivity contribution < 1.29 is 14.6 Å². The summed E-state index contributed by atoms with van der Waals surface area (Å²) in [4.78, 5) is 12.2. The molecule has 0 saturated heterocycles. The van der Waals surface area contributed by atoms with Crippen LogP contribution in [0.25, 0.3) is 0 Å². The number of rotatable bonds is 8. The van der Waals surface area contributed by atoms with Crippen molar-refractivity contribution >= 4 is 5.97 Å². The molecule has 0 unspecified atom stereocenters. The average molecular weight is 325 g/mol. The summed E-state index contributed by atoms with van der Waals surface area (Å²) >= 11 is 0. The number of aliphatic hydroxyl groups is 1. The van der Waals surface area contributed by atoms with E-state index in [1.807, 2.05) is 60.7 Å². The minimum Gasteiger partial charge on any atom is -0.460 e. The van der Waals surface area contributed by atoms with E-state index in [4.69, 9.17) is 4.74 Å². The van der Waals surface area contributed by atoms with Gasteiger partial charge >= 0.3 is 5.97 Å². The maximum atomic E-state index is 12.2. The van der Waals surface area contributed by atoms with E-state index in [1.54, 1.807) is 6.92 Å². The summed E-state index contributed by atoms with van der Waals surface area (Å²) in [6.45, 7) is 5.22. The second kappa shape index (κ2) is 9.01. The van der Waals surface area contributed by atoms with Crippen molar-refractivity contribution in [3.8, 4) is 0 Å². The molecule has 0 aromatic heterocycles. The third kappa shape index (κ3) is 4.78. The Morgan fingerprint density at radius 1 is 1.12 bits per heavy atom. The molecule has 2 aromatic rings. The molecule has 4 heteroatoms. The molecule has 0 saturated carbocycles. The van der Waals surface area contributed by atoms with Crippen LogP contribution in [0.5, 0.6) is 0 Å². The van der Waals surface area contributed by atoms with E-state index >= 15 is 0 Å². The summed E-state index contributed by atoms with van der Waals surface area (Å²) in [6.07, 6.45) is 0.611. The first-order valence-electron chi connectivity index (χ1n) is 7.95. The highest BCUT2D eigenvalue weighted by Gasteiger charge is 2.29. The lowest BCUT2D eigenvalue weighted by atomic mass is 9.97. The van der Waals surface area contributed by atoms with Crippen molar-refractivity contribution in [2.75, 3.05) is 6.61 Å². The molecule has 0 amide bonds. The van der Waals surface area contributed by atoms with E-state index in [2.05, 4.69) is 11.9 Å². The van der Waals surface area contributed by atoms with Gasteiger partial charge in [0.05, 0.1) is 12.1 Å². The number of benzene rings is 2. The minimum atomic E-state index is -0.891. The fourth-order valence-electron chi connectivity index (χ4n) is 2.49. The van der Waals surface area contributed by atoms with E-state index in [0.29, 0.717) is 0 Å². The number of esters is 1. The molecule has 0 fully saturated rings. The molecule has 126 valence electrons. The highest BCUT2D eigenvalue weighted by Crippen LogP contribution is 2.23. The summed E-state index contributed by atoms with van der Waals surface area (Å²) in [6, 6.07) is 18.5. The van der Waals surface area contributed by atoms with Gasteiger partial charge < -0.3 is 9.84 Å². The van der Waals surface area contributed by atoms with Crippen LogP contribution in [0.2, 0.25) is 0 Å². The molecule has 0 aliphatic heterocycles. The van der Waals surface area contributed by atoms with Crippen molar-refractivity contribution in [3.05, 3.63) is 84.4 Å². The second-order valence-corrected chi connectivity index (χ2v) is 5.56. The monoisotopic (exact) mass is 325 g/mol. The highest BCUT2D eigenvalue weighted by molar-refractivity contribution is 5.76. The molecule has 2 aromatic carbocycles. The normalized spacial score (nSPS) is 13.3. The van der Waals surface area contributed by atoms with Gasteiger partial charge in [0.1, 0.15) is 12.6 Å². The lowest BCUT2D eigenvalue weighted by Crippen LogP contribution is -2.47. The zero-order valence-corrected chi connectivity index (χ0v) is 13.8. The Morgan fingerprint density at radius 2 is 1.62 bits per heavy atom. The van der Waals surface area contributed by atoms with Gasteiger partial charge in [-0.25, -0.2) is 0 Å². The molecule has 0 heterocycles. The van der Waals surface area contributed by atoms with E-state index < -0.39 is 18.1 Å². The number of carbonyl (C=O) groups excluding carboxylic acids is 1. The standard InChI is InChI=1S/C20H23NO3/c1-3-14-24-20(23)18(15(2)22)21-19(16-10-6-4-7-11-16)17-12-8-5-9-13-17/h3-13,15,18-19,21-22H,1,14H2,2H3/t15-,18+/m1/s1.